The molecule has 0 spiro atoms. The molecular weight excluding hydrogens is 278 g/mol. The van der Waals surface area contributed by atoms with E-state index >= 15 is 0 Å². The molecule has 0 atom stereocenters. The van der Waals surface area contributed by atoms with Gasteiger partial charge in [0.1, 0.15) is 6.61 Å². The summed E-state index contributed by atoms with van der Waals surface area (Å²) in [4.78, 5) is 5.17. The topological polar surface area (TPSA) is 62.0 Å². The lowest BCUT2D eigenvalue weighted by Gasteiger charge is -2.08. The Morgan fingerprint density at radius 3 is 2.27 bits per heavy atom. The van der Waals surface area contributed by atoms with Crippen molar-refractivity contribution >= 4 is 5.71 Å². The van der Waals surface area contributed by atoms with Crippen LogP contribution in [0.3, 0.4) is 0 Å². The Bertz CT molecular complexity index is 458. The van der Waals surface area contributed by atoms with E-state index in [0.29, 0.717) is 6.61 Å². The van der Waals surface area contributed by atoms with Crippen LogP contribution in [0.2, 0.25) is 0 Å². The molecule has 0 saturated heterocycles. The first-order valence-corrected chi connectivity index (χ1v) is 8.40. The quantitative estimate of drug-likeness (QED) is 0.262. The van der Waals surface area contributed by atoms with E-state index in [0.717, 1.165) is 24.1 Å². The van der Waals surface area contributed by atoms with Gasteiger partial charge in [-0.3, -0.25) is 0 Å². The summed E-state index contributed by atoms with van der Waals surface area (Å²) >= 11 is 0. The van der Waals surface area contributed by atoms with Crippen LogP contribution in [0.25, 0.3) is 0 Å². The molecule has 0 aliphatic rings. The Kier molecular flexibility index (Phi) is 9.12. The minimum atomic E-state index is -0.124. The third-order valence-corrected chi connectivity index (χ3v) is 3.63. The van der Waals surface area contributed by atoms with Crippen molar-refractivity contribution in [2.75, 3.05) is 6.61 Å². The van der Waals surface area contributed by atoms with Gasteiger partial charge in [-0.2, -0.15) is 0 Å². The van der Waals surface area contributed by atoms with Crippen molar-refractivity contribution in [1.29, 1.82) is 0 Å². The maximum absolute atomic E-state index is 9.62. The SMILES string of the molecule is CCCCCCCCC/C(=N\OCC)c1ccc(O)c(O)c1. The van der Waals surface area contributed by atoms with Gasteiger partial charge >= 0.3 is 0 Å². The summed E-state index contributed by atoms with van der Waals surface area (Å²) < 4.78 is 0. The summed E-state index contributed by atoms with van der Waals surface area (Å²) in [6.07, 6.45) is 9.52. The molecule has 0 amide bonds. The minimum absolute atomic E-state index is 0.115. The van der Waals surface area contributed by atoms with Crippen LogP contribution >= 0.6 is 0 Å². The summed E-state index contributed by atoms with van der Waals surface area (Å²) in [6, 6.07) is 4.78. The average Bonchev–Trinajstić information content (AvgIpc) is 2.52. The van der Waals surface area contributed by atoms with E-state index in [4.69, 9.17) is 4.84 Å². The molecule has 0 aromatic heterocycles. The molecular formula is C18H29NO3. The highest BCUT2D eigenvalue weighted by Gasteiger charge is 2.08. The lowest BCUT2D eigenvalue weighted by molar-refractivity contribution is 0.158. The zero-order valence-electron chi connectivity index (χ0n) is 13.8. The van der Waals surface area contributed by atoms with Crippen LogP contribution in [0, 0.1) is 0 Å². The van der Waals surface area contributed by atoms with Crippen molar-refractivity contribution in [2.24, 2.45) is 5.16 Å². The predicted molar refractivity (Wildman–Crippen MR) is 90.5 cm³/mol. The van der Waals surface area contributed by atoms with Gasteiger partial charge in [-0.1, -0.05) is 50.6 Å². The number of hydrogen-bond acceptors (Lipinski definition) is 4. The number of nitrogens with zero attached hydrogens (tertiary/aromatic N) is 1. The molecule has 124 valence electrons. The van der Waals surface area contributed by atoms with E-state index in [9.17, 15) is 10.2 Å². The van der Waals surface area contributed by atoms with E-state index in [1.54, 1.807) is 6.07 Å². The highest BCUT2D eigenvalue weighted by atomic mass is 16.6. The zero-order chi connectivity index (χ0) is 16.2. The van der Waals surface area contributed by atoms with Gasteiger partial charge in [0, 0.05) is 5.56 Å². The molecule has 4 nitrogen and oxygen atoms in total. The van der Waals surface area contributed by atoms with Gasteiger partial charge in [0.05, 0.1) is 5.71 Å². The molecule has 0 radical (unpaired) electrons. The number of oxime groups is 1. The Labute approximate surface area is 133 Å². The van der Waals surface area contributed by atoms with Crippen molar-refractivity contribution in [1.82, 2.24) is 0 Å². The molecule has 2 N–H and O–H groups in total. The molecule has 0 bridgehead atoms. The van der Waals surface area contributed by atoms with Gasteiger partial charge in [-0.25, -0.2) is 0 Å². The van der Waals surface area contributed by atoms with Crippen molar-refractivity contribution in [3.63, 3.8) is 0 Å². The third kappa shape index (κ3) is 6.83. The first-order chi connectivity index (χ1) is 10.7. The predicted octanol–water partition coefficient (Wildman–Crippen LogP) is 4.98. The molecule has 1 aromatic carbocycles. The maximum atomic E-state index is 9.62. The minimum Gasteiger partial charge on any atom is -0.504 e. The van der Waals surface area contributed by atoms with Gasteiger partial charge in [-0.05, 0) is 38.0 Å². The zero-order valence-corrected chi connectivity index (χ0v) is 13.8. The first-order valence-electron chi connectivity index (χ1n) is 8.40. The van der Waals surface area contributed by atoms with Gasteiger partial charge in [0.25, 0.3) is 0 Å². The lowest BCUT2D eigenvalue weighted by atomic mass is 10.0. The summed E-state index contributed by atoms with van der Waals surface area (Å²) in [6.45, 7) is 4.64. The van der Waals surface area contributed by atoms with Crippen molar-refractivity contribution in [3.05, 3.63) is 23.8 Å². The van der Waals surface area contributed by atoms with Gasteiger partial charge < -0.3 is 15.1 Å². The number of phenolic OH excluding ortho intramolecular Hbond substituents is 2. The second-order valence-electron chi connectivity index (χ2n) is 5.53. The normalized spacial score (nSPS) is 11.6. The molecule has 0 aliphatic heterocycles. The Balaban J connectivity index is 2.49. The van der Waals surface area contributed by atoms with Gasteiger partial charge in [0.2, 0.25) is 0 Å². The largest absolute Gasteiger partial charge is 0.504 e. The van der Waals surface area contributed by atoms with E-state index in [2.05, 4.69) is 12.1 Å². The van der Waals surface area contributed by atoms with Crippen LogP contribution in [-0.4, -0.2) is 22.5 Å². The standard InChI is InChI=1S/C18H29NO3/c1-3-5-6-7-8-9-10-11-16(19-22-4-2)15-12-13-17(20)18(21)14-15/h12-14,20-21H,3-11H2,1-2H3/b19-16+. The Morgan fingerprint density at radius 1 is 0.955 bits per heavy atom. The lowest BCUT2D eigenvalue weighted by Crippen LogP contribution is -2.02. The summed E-state index contributed by atoms with van der Waals surface area (Å²) in [5.74, 6) is -0.239. The summed E-state index contributed by atoms with van der Waals surface area (Å²) in [7, 11) is 0. The van der Waals surface area contributed by atoms with E-state index < -0.39 is 0 Å². The van der Waals surface area contributed by atoms with Crippen molar-refractivity contribution in [3.8, 4) is 11.5 Å². The Morgan fingerprint density at radius 2 is 1.64 bits per heavy atom. The van der Waals surface area contributed by atoms with E-state index in [1.807, 2.05) is 6.92 Å². The fraction of sp³-hybridized carbons (Fsp3) is 0.611. The second kappa shape index (κ2) is 10.9. The van der Waals surface area contributed by atoms with Gasteiger partial charge in [-0.15, -0.1) is 0 Å². The fourth-order valence-electron chi connectivity index (χ4n) is 2.34. The molecule has 0 saturated carbocycles. The van der Waals surface area contributed by atoms with Crippen LogP contribution in [0.5, 0.6) is 11.5 Å². The monoisotopic (exact) mass is 307 g/mol. The van der Waals surface area contributed by atoms with Crippen LogP contribution in [0.15, 0.2) is 23.4 Å². The Hall–Kier alpha value is -1.71. The fourth-order valence-corrected chi connectivity index (χ4v) is 2.34. The van der Waals surface area contributed by atoms with Gasteiger partial charge in [0.15, 0.2) is 11.5 Å². The number of rotatable bonds is 11. The van der Waals surface area contributed by atoms with Crippen molar-refractivity contribution in [2.45, 2.75) is 65.2 Å². The van der Waals surface area contributed by atoms with E-state index in [-0.39, 0.29) is 11.5 Å². The average molecular weight is 307 g/mol. The summed E-state index contributed by atoms with van der Waals surface area (Å²) in [5.41, 5.74) is 1.63. The maximum Gasteiger partial charge on any atom is 0.158 e. The molecule has 0 unspecified atom stereocenters. The third-order valence-electron chi connectivity index (χ3n) is 3.63. The van der Waals surface area contributed by atoms with Crippen molar-refractivity contribution < 1.29 is 15.1 Å². The molecule has 4 heteroatoms. The number of unbranched alkanes of at least 4 members (excludes halogenated alkanes) is 6. The van der Waals surface area contributed by atoms with Crippen LogP contribution in [0.1, 0.15) is 70.8 Å². The highest BCUT2D eigenvalue weighted by Crippen LogP contribution is 2.26. The van der Waals surface area contributed by atoms with E-state index in [1.165, 1.54) is 50.7 Å². The highest BCUT2D eigenvalue weighted by molar-refractivity contribution is 6.00. The molecule has 1 aromatic rings. The molecule has 0 fully saturated rings. The number of benzene rings is 1. The number of aromatic hydroxyl groups is 2. The molecule has 0 aliphatic carbocycles. The van der Waals surface area contributed by atoms with Crippen LogP contribution in [0.4, 0.5) is 0 Å². The van der Waals surface area contributed by atoms with Crippen LogP contribution in [-0.2, 0) is 4.84 Å². The summed E-state index contributed by atoms with van der Waals surface area (Å²) in [5, 5.41) is 23.2. The smallest absolute Gasteiger partial charge is 0.158 e. The first kappa shape index (κ1) is 18.3. The second-order valence-corrected chi connectivity index (χ2v) is 5.53. The molecule has 22 heavy (non-hydrogen) atoms. The molecule has 0 heterocycles. The van der Waals surface area contributed by atoms with Crippen LogP contribution < -0.4 is 0 Å². The number of hydrogen-bond donors (Lipinski definition) is 2. The molecule has 1 rings (SSSR count). The number of phenols is 2.